The fourth-order valence-corrected chi connectivity index (χ4v) is 2.92. The van der Waals surface area contributed by atoms with Crippen molar-refractivity contribution < 1.29 is 19.1 Å². The van der Waals surface area contributed by atoms with Gasteiger partial charge in [-0.1, -0.05) is 18.2 Å². The van der Waals surface area contributed by atoms with E-state index in [0.29, 0.717) is 11.4 Å². The number of ether oxygens (including phenoxy) is 2. The molecule has 0 aliphatic carbocycles. The smallest absolute Gasteiger partial charge is 0.309 e. The highest BCUT2D eigenvalue weighted by Gasteiger charge is 2.12. The van der Waals surface area contributed by atoms with Gasteiger partial charge in [-0.25, -0.2) is 0 Å². The number of anilines is 2. The lowest BCUT2D eigenvalue weighted by Gasteiger charge is -2.17. The van der Waals surface area contributed by atoms with E-state index < -0.39 is 5.97 Å². The van der Waals surface area contributed by atoms with Crippen LogP contribution in [0.2, 0.25) is 0 Å². The molecule has 1 aliphatic heterocycles. The number of carbonyl (C=O) groups is 2. The Morgan fingerprint density at radius 1 is 0.963 bits per heavy atom. The van der Waals surface area contributed by atoms with Crippen molar-refractivity contribution in [1.29, 1.82) is 0 Å². The number of nitrogens with one attached hydrogen (secondary N) is 1. The Balaban J connectivity index is 1.34. The zero-order valence-corrected chi connectivity index (χ0v) is 15.2. The molecule has 27 heavy (non-hydrogen) atoms. The second-order valence-electron chi connectivity index (χ2n) is 6.36. The van der Waals surface area contributed by atoms with E-state index in [1.807, 2.05) is 54.6 Å². The van der Waals surface area contributed by atoms with Gasteiger partial charge in [0.15, 0.2) is 6.61 Å². The van der Waals surface area contributed by atoms with Crippen molar-refractivity contribution in [3.05, 3.63) is 54.6 Å². The molecule has 0 aromatic heterocycles. The number of amides is 1. The van der Waals surface area contributed by atoms with E-state index in [4.69, 9.17) is 9.47 Å². The Bertz CT molecular complexity index is 741. The third-order valence-electron chi connectivity index (χ3n) is 4.30. The van der Waals surface area contributed by atoms with E-state index in [9.17, 15) is 9.59 Å². The molecule has 0 spiro atoms. The maximum atomic E-state index is 11.9. The first-order valence-corrected chi connectivity index (χ1v) is 9.19. The molecule has 0 atom stereocenters. The number of para-hydroxylation sites is 1. The van der Waals surface area contributed by atoms with Gasteiger partial charge in [0.2, 0.25) is 0 Å². The summed E-state index contributed by atoms with van der Waals surface area (Å²) in [6.07, 6.45) is 2.53. The summed E-state index contributed by atoms with van der Waals surface area (Å²) in [7, 11) is 0. The first kappa shape index (κ1) is 18.8. The van der Waals surface area contributed by atoms with Gasteiger partial charge in [0.1, 0.15) is 5.75 Å². The summed E-state index contributed by atoms with van der Waals surface area (Å²) in [5, 5.41) is 2.73. The predicted molar refractivity (Wildman–Crippen MR) is 104 cm³/mol. The molecule has 0 bridgehead atoms. The average molecular weight is 368 g/mol. The lowest BCUT2D eigenvalue weighted by molar-refractivity contribution is -0.147. The molecular formula is C21H24N2O4. The second kappa shape index (κ2) is 9.62. The molecule has 1 saturated heterocycles. The van der Waals surface area contributed by atoms with E-state index in [2.05, 4.69) is 10.2 Å². The molecule has 0 saturated carbocycles. The minimum atomic E-state index is -0.467. The minimum Gasteiger partial charge on any atom is -0.493 e. The summed E-state index contributed by atoms with van der Waals surface area (Å²) < 4.78 is 10.4. The van der Waals surface area contributed by atoms with Crippen molar-refractivity contribution in [2.24, 2.45) is 0 Å². The molecule has 3 rings (SSSR count). The molecule has 1 fully saturated rings. The van der Waals surface area contributed by atoms with E-state index in [0.717, 1.165) is 18.8 Å². The van der Waals surface area contributed by atoms with Crippen LogP contribution in [0.4, 0.5) is 11.4 Å². The normalized spacial score (nSPS) is 13.3. The van der Waals surface area contributed by atoms with Crippen LogP contribution in [0, 0.1) is 0 Å². The summed E-state index contributed by atoms with van der Waals surface area (Å²) in [5.74, 6) is -0.132. The van der Waals surface area contributed by atoms with Crippen molar-refractivity contribution in [3.8, 4) is 5.75 Å². The highest BCUT2D eigenvalue weighted by Crippen LogP contribution is 2.22. The van der Waals surface area contributed by atoms with Crippen molar-refractivity contribution in [2.75, 3.05) is 36.5 Å². The van der Waals surface area contributed by atoms with Gasteiger partial charge in [-0.05, 0) is 49.2 Å². The van der Waals surface area contributed by atoms with E-state index in [1.165, 1.54) is 12.8 Å². The Morgan fingerprint density at radius 2 is 1.67 bits per heavy atom. The molecule has 0 unspecified atom stereocenters. The molecule has 2 aromatic rings. The summed E-state index contributed by atoms with van der Waals surface area (Å²) in [5.41, 5.74) is 1.85. The Hall–Kier alpha value is -3.02. The predicted octanol–water partition coefficient (Wildman–Crippen LogP) is 3.24. The highest BCUT2D eigenvalue weighted by molar-refractivity contribution is 5.92. The van der Waals surface area contributed by atoms with E-state index >= 15 is 0 Å². The fourth-order valence-electron chi connectivity index (χ4n) is 2.92. The topological polar surface area (TPSA) is 67.9 Å². The fraction of sp³-hybridized carbons (Fsp3) is 0.333. The summed E-state index contributed by atoms with van der Waals surface area (Å²) in [6.45, 7) is 2.06. The Labute approximate surface area is 159 Å². The molecule has 1 N–H and O–H groups in total. The Morgan fingerprint density at radius 3 is 2.37 bits per heavy atom. The van der Waals surface area contributed by atoms with Gasteiger partial charge in [0.25, 0.3) is 5.91 Å². The number of benzene rings is 2. The molecule has 2 aromatic carbocycles. The van der Waals surface area contributed by atoms with Crippen LogP contribution in [0.1, 0.15) is 19.3 Å². The minimum absolute atomic E-state index is 0.0900. The van der Waals surface area contributed by atoms with E-state index in [-0.39, 0.29) is 25.5 Å². The van der Waals surface area contributed by atoms with Crippen LogP contribution in [0.15, 0.2) is 54.6 Å². The summed E-state index contributed by atoms with van der Waals surface area (Å²) >= 11 is 0. The van der Waals surface area contributed by atoms with Gasteiger partial charge in [-0.3, -0.25) is 9.59 Å². The van der Waals surface area contributed by atoms with Crippen molar-refractivity contribution in [1.82, 2.24) is 0 Å². The SMILES string of the molecule is O=C(COC(=O)CCOc1ccccc1)Nc1ccc(N2CCCC2)cc1. The number of hydrogen-bond donors (Lipinski definition) is 1. The molecule has 6 nitrogen and oxygen atoms in total. The van der Waals surface area contributed by atoms with E-state index in [1.54, 1.807) is 0 Å². The molecule has 1 aliphatic rings. The highest BCUT2D eigenvalue weighted by atomic mass is 16.5. The monoisotopic (exact) mass is 368 g/mol. The second-order valence-corrected chi connectivity index (χ2v) is 6.36. The summed E-state index contributed by atoms with van der Waals surface area (Å²) in [4.78, 5) is 25.9. The standard InChI is InChI=1S/C21H24N2O4/c24-20(16-27-21(25)12-15-26-19-6-2-1-3-7-19)22-17-8-10-18(11-9-17)23-13-4-5-14-23/h1-3,6-11H,4-5,12-16H2,(H,22,24). The van der Waals surface area contributed by atoms with Crippen molar-refractivity contribution in [2.45, 2.75) is 19.3 Å². The van der Waals surface area contributed by atoms with Gasteiger partial charge < -0.3 is 19.7 Å². The molecule has 1 heterocycles. The molecule has 6 heteroatoms. The first-order valence-electron chi connectivity index (χ1n) is 9.19. The van der Waals surface area contributed by atoms with Gasteiger partial charge in [0.05, 0.1) is 13.0 Å². The number of nitrogens with zero attached hydrogens (tertiary/aromatic N) is 1. The quantitative estimate of drug-likeness (QED) is 0.725. The largest absolute Gasteiger partial charge is 0.493 e. The maximum absolute atomic E-state index is 11.9. The number of carbonyl (C=O) groups excluding carboxylic acids is 2. The maximum Gasteiger partial charge on any atom is 0.309 e. The summed E-state index contributed by atoms with van der Waals surface area (Å²) in [6, 6.07) is 16.9. The lowest BCUT2D eigenvalue weighted by Crippen LogP contribution is -2.22. The van der Waals surface area contributed by atoms with Gasteiger partial charge in [-0.2, -0.15) is 0 Å². The van der Waals surface area contributed by atoms with Crippen LogP contribution in [0.5, 0.6) is 5.75 Å². The zero-order chi connectivity index (χ0) is 18.9. The van der Waals surface area contributed by atoms with Crippen LogP contribution < -0.4 is 15.0 Å². The third kappa shape index (κ3) is 6.02. The van der Waals surface area contributed by atoms with Crippen LogP contribution >= 0.6 is 0 Å². The Kier molecular flexibility index (Phi) is 6.68. The number of rotatable bonds is 8. The molecule has 0 radical (unpaired) electrons. The van der Waals surface area contributed by atoms with Crippen molar-refractivity contribution >= 4 is 23.3 Å². The van der Waals surface area contributed by atoms with Crippen LogP contribution in [0.3, 0.4) is 0 Å². The molecule has 1 amide bonds. The lowest BCUT2D eigenvalue weighted by atomic mass is 10.2. The zero-order valence-electron chi connectivity index (χ0n) is 15.2. The number of esters is 1. The van der Waals surface area contributed by atoms with Crippen LogP contribution in [0.25, 0.3) is 0 Å². The van der Waals surface area contributed by atoms with Crippen LogP contribution in [-0.4, -0.2) is 38.2 Å². The third-order valence-corrected chi connectivity index (χ3v) is 4.30. The van der Waals surface area contributed by atoms with Crippen LogP contribution in [-0.2, 0) is 14.3 Å². The van der Waals surface area contributed by atoms with Crippen molar-refractivity contribution in [3.63, 3.8) is 0 Å². The van der Waals surface area contributed by atoms with Gasteiger partial charge >= 0.3 is 5.97 Å². The molecular weight excluding hydrogens is 344 g/mol. The molecule has 142 valence electrons. The van der Waals surface area contributed by atoms with Gasteiger partial charge in [-0.15, -0.1) is 0 Å². The number of hydrogen-bond acceptors (Lipinski definition) is 5. The first-order chi connectivity index (χ1) is 13.2. The van der Waals surface area contributed by atoms with Gasteiger partial charge in [0, 0.05) is 24.5 Å². The average Bonchev–Trinajstić information content (AvgIpc) is 3.23.